The van der Waals surface area contributed by atoms with E-state index in [1.54, 1.807) is 18.3 Å². The van der Waals surface area contributed by atoms with Crippen LogP contribution in [0.2, 0.25) is 0 Å². The van der Waals surface area contributed by atoms with Crippen LogP contribution >= 0.6 is 0 Å². The van der Waals surface area contributed by atoms with Gasteiger partial charge in [-0.25, -0.2) is 0 Å². The quantitative estimate of drug-likeness (QED) is 0.665. The summed E-state index contributed by atoms with van der Waals surface area (Å²) in [6, 6.07) is 11.6. The van der Waals surface area contributed by atoms with Crippen LogP contribution in [0.25, 0.3) is 0 Å². The molecule has 0 spiro atoms. The van der Waals surface area contributed by atoms with Crippen LogP contribution in [-0.2, 0) is 0 Å². The summed E-state index contributed by atoms with van der Waals surface area (Å²) in [7, 11) is 0. The van der Waals surface area contributed by atoms with Gasteiger partial charge in [-0.05, 0) is 52.0 Å². The van der Waals surface area contributed by atoms with E-state index in [0.717, 1.165) is 31.0 Å². The van der Waals surface area contributed by atoms with E-state index >= 15 is 0 Å². The van der Waals surface area contributed by atoms with Crippen LogP contribution in [0.5, 0.6) is 0 Å². The molecule has 2 fully saturated rings. The first kappa shape index (κ1) is 25.1. The van der Waals surface area contributed by atoms with Crippen LogP contribution in [0, 0.1) is 0 Å². The minimum atomic E-state index is -0.219. The molecule has 2 N–H and O–H groups in total. The van der Waals surface area contributed by atoms with Crippen molar-refractivity contribution < 1.29 is 9.59 Å². The van der Waals surface area contributed by atoms with Crippen LogP contribution < -0.4 is 10.6 Å². The molecule has 3 heterocycles. The molecule has 35 heavy (non-hydrogen) atoms. The van der Waals surface area contributed by atoms with Crippen molar-refractivity contribution in [1.29, 1.82) is 0 Å². The van der Waals surface area contributed by atoms with Crippen LogP contribution in [0.1, 0.15) is 60.1 Å². The fraction of sp³-hybridized carbons (Fsp3) is 0.519. The number of nitrogens with zero attached hydrogens (tertiary/aromatic N) is 4. The molecule has 2 aliphatic rings. The number of amides is 2. The Morgan fingerprint density at radius 3 is 2.29 bits per heavy atom. The number of rotatable bonds is 6. The monoisotopic (exact) mass is 478 g/mol. The zero-order valence-corrected chi connectivity index (χ0v) is 21.3. The van der Waals surface area contributed by atoms with E-state index in [1.165, 1.54) is 0 Å². The lowest BCUT2D eigenvalue weighted by Gasteiger charge is -2.43. The number of pyridine rings is 1. The van der Waals surface area contributed by atoms with Gasteiger partial charge in [-0.15, -0.1) is 0 Å². The Hall–Kier alpha value is -2.97. The molecule has 2 aromatic rings. The number of nitrogens with one attached hydrogen (secondary N) is 2. The fourth-order valence-electron chi connectivity index (χ4n) is 4.92. The molecule has 2 amide bonds. The van der Waals surface area contributed by atoms with Crippen molar-refractivity contribution in [3.05, 3.63) is 59.4 Å². The number of hydrogen-bond acceptors (Lipinski definition) is 6. The number of carbonyl (C=O) groups is 2. The third kappa shape index (κ3) is 5.65. The van der Waals surface area contributed by atoms with Crippen LogP contribution in [0.15, 0.2) is 42.6 Å². The smallest absolute Gasteiger partial charge is 0.255 e. The van der Waals surface area contributed by atoms with E-state index in [4.69, 9.17) is 4.98 Å². The highest BCUT2D eigenvalue weighted by Gasteiger charge is 2.36. The lowest BCUT2D eigenvalue weighted by molar-refractivity contribution is 0.0370. The molecule has 1 aromatic carbocycles. The first-order valence-corrected chi connectivity index (χ1v) is 12.7. The van der Waals surface area contributed by atoms with E-state index in [9.17, 15) is 9.59 Å². The second-order valence-electron chi connectivity index (χ2n) is 9.93. The number of aromatic nitrogens is 1. The SMILES string of the molecule is CC(C)Nc1cccnc1C1CN(C(C)C)CCN1C(=O)c1ccccc1C(=O)N1CCNCC1. The molecule has 8 heteroatoms. The molecule has 0 bridgehead atoms. The Morgan fingerprint density at radius 2 is 1.63 bits per heavy atom. The lowest BCUT2D eigenvalue weighted by atomic mass is 10.00. The summed E-state index contributed by atoms with van der Waals surface area (Å²) in [6.07, 6.45) is 1.79. The number of carbonyl (C=O) groups excluding carboxylic acids is 2. The predicted molar refractivity (Wildman–Crippen MR) is 139 cm³/mol. The number of piperazine rings is 2. The topological polar surface area (TPSA) is 80.8 Å². The van der Waals surface area contributed by atoms with Crippen molar-refractivity contribution >= 4 is 17.5 Å². The summed E-state index contributed by atoms with van der Waals surface area (Å²) in [4.78, 5) is 38.3. The van der Waals surface area contributed by atoms with Gasteiger partial charge >= 0.3 is 0 Å². The third-order valence-corrected chi connectivity index (χ3v) is 6.79. The van der Waals surface area contributed by atoms with E-state index in [2.05, 4.69) is 43.2 Å². The minimum absolute atomic E-state index is 0.0761. The Labute approximate surface area is 208 Å². The fourth-order valence-corrected chi connectivity index (χ4v) is 4.92. The lowest BCUT2D eigenvalue weighted by Crippen LogP contribution is -2.53. The van der Waals surface area contributed by atoms with Gasteiger partial charge in [0.05, 0.1) is 28.6 Å². The van der Waals surface area contributed by atoms with Crippen molar-refractivity contribution in [3.8, 4) is 0 Å². The normalized spacial score (nSPS) is 19.3. The molecule has 1 aromatic heterocycles. The van der Waals surface area contributed by atoms with Crippen LogP contribution in [-0.4, -0.2) is 89.4 Å². The zero-order valence-electron chi connectivity index (χ0n) is 21.3. The van der Waals surface area contributed by atoms with Gasteiger partial charge in [0.25, 0.3) is 11.8 Å². The van der Waals surface area contributed by atoms with Gasteiger partial charge in [-0.2, -0.15) is 0 Å². The molecular formula is C27H38N6O2. The van der Waals surface area contributed by atoms with E-state index < -0.39 is 0 Å². The second-order valence-corrected chi connectivity index (χ2v) is 9.93. The predicted octanol–water partition coefficient (Wildman–Crippen LogP) is 2.85. The van der Waals surface area contributed by atoms with Crippen molar-refractivity contribution in [1.82, 2.24) is 25.0 Å². The number of anilines is 1. The van der Waals surface area contributed by atoms with Gasteiger partial charge in [-0.1, -0.05) is 12.1 Å². The maximum Gasteiger partial charge on any atom is 0.255 e. The largest absolute Gasteiger partial charge is 0.381 e. The molecule has 2 saturated heterocycles. The standard InChI is InChI=1S/C27H38N6O2/c1-19(2)30-23-10-7-11-29-25(23)24-18-32(20(3)4)16-17-33(24)27(35)22-9-6-5-8-21(22)26(34)31-14-12-28-13-15-31/h5-11,19-20,24,28,30H,12-18H2,1-4H3. The number of benzene rings is 1. The van der Waals surface area contributed by atoms with E-state index in [-0.39, 0.29) is 23.9 Å². The summed E-state index contributed by atoms with van der Waals surface area (Å²) in [5.41, 5.74) is 2.76. The van der Waals surface area contributed by atoms with Crippen molar-refractivity contribution in [2.24, 2.45) is 0 Å². The van der Waals surface area contributed by atoms with Gasteiger partial charge in [0.2, 0.25) is 0 Å². The maximum absolute atomic E-state index is 14.1. The van der Waals surface area contributed by atoms with Crippen LogP contribution in [0.3, 0.4) is 0 Å². The first-order valence-electron chi connectivity index (χ1n) is 12.7. The summed E-state index contributed by atoms with van der Waals surface area (Å²) >= 11 is 0. The Morgan fingerprint density at radius 1 is 0.943 bits per heavy atom. The minimum Gasteiger partial charge on any atom is -0.381 e. The van der Waals surface area contributed by atoms with E-state index in [0.29, 0.717) is 43.3 Å². The summed E-state index contributed by atoms with van der Waals surface area (Å²) < 4.78 is 0. The van der Waals surface area contributed by atoms with Crippen LogP contribution in [0.4, 0.5) is 5.69 Å². The molecule has 0 aliphatic carbocycles. The van der Waals surface area contributed by atoms with Gasteiger partial charge in [0, 0.05) is 64.1 Å². The molecule has 2 aliphatic heterocycles. The average molecular weight is 479 g/mol. The second kappa shape index (κ2) is 11.2. The molecule has 1 atom stereocenters. The molecule has 8 nitrogen and oxygen atoms in total. The third-order valence-electron chi connectivity index (χ3n) is 6.79. The van der Waals surface area contributed by atoms with Crippen molar-refractivity contribution in [2.45, 2.75) is 45.8 Å². The molecule has 188 valence electrons. The molecule has 1 unspecified atom stereocenters. The van der Waals surface area contributed by atoms with Crippen molar-refractivity contribution in [3.63, 3.8) is 0 Å². The Kier molecular flexibility index (Phi) is 8.03. The first-order chi connectivity index (χ1) is 16.9. The molecule has 0 radical (unpaired) electrons. The highest BCUT2D eigenvalue weighted by Crippen LogP contribution is 2.32. The zero-order chi connectivity index (χ0) is 24.9. The maximum atomic E-state index is 14.1. The van der Waals surface area contributed by atoms with Gasteiger partial charge in [-0.3, -0.25) is 19.5 Å². The van der Waals surface area contributed by atoms with Gasteiger partial charge in [0.1, 0.15) is 0 Å². The highest BCUT2D eigenvalue weighted by atomic mass is 16.2. The number of hydrogen-bond donors (Lipinski definition) is 2. The van der Waals surface area contributed by atoms with Gasteiger partial charge < -0.3 is 20.4 Å². The molecule has 0 saturated carbocycles. The summed E-state index contributed by atoms with van der Waals surface area (Å²) in [5, 5.41) is 6.78. The van der Waals surface area contributed by atoms with E-state index in [1.807, 2.05) is 34.1 Å². The average Bonchev–Trinajstić information content (AvgIpc) is 2.88. The summed E-state index contributed by atoms with van der Waals surface area (Å²) in [6.45, 7) is 13.5. The molecular weight excluding hydrogens is 440 g/mol. The Bertz CT molecular complexity index is 1030. The van der Waals surface area contributed by atoms with Gasteiger partial charge in [0.15, 0.2) is 0 Å². The Balaban J connectivity index is 1.69. The highest BCUT2D eigenvalue weighted by molar-refractivity contribution is 6.07. The van der Waals surface area contributed by atoms with Crippen molar-refractivity contribution in [2.75, 3.05) is 51.1 Å². The molecule has 4 rings (SSSR count). The summed E-state index contributed by atoms with van der Waals surface area (Å²) in [5.74, 6) is -0.188.